The summed E-state index contributed by atoms with van der Waals surface area (Å²) in [6, 6.07) is 2.79. The molecule has 0 saturated carbocycles. The SMILES string of the molecule is CC(OC(=O)c1ccncc1)OC(=O)N1CC[C@H](NC(=O)OC(C)(C)C)C1. The monoisotopic (exact) mass is 379 g/mol. The molecule has 9 heteroatoms. The first kappa shape index (κ1) is 20.5. The van der Waals surface area contributed by atoms with Crippen molar-refractivity contribution in [1.82, 2.24) is 15.2 Å². The average Bonchev–Trinajstić information content (AvgIpc) is 3.02. The Morgan fingerprint density at radius 3 is 2.52 bits per heavy atom. The molecule has 0 aliphatic carbocycles. The molecule has 0 radical (unpaired) electrons. The van der Waals surface area contributed by atoms with Gasteiger partial charge in [0.1, 0.15) is 5.60 Å². The summed E-state index contributed by atoms with van der Waals surface area (Å²) < 4.78 is 15.4. The van der Waals surface area contributed by atoms with E-state index in [2.05, 4.69) is 10.3 Å². The Morgan fingerprint density at radius 2 is 1.89 bits per heavy atom. The van der Waals surface area contributed by atoms with E-state index in [1.807, 2.05) is 0 Å². The summed E-state index contributed by atoms with van der Waals surface area (Å²) in [6.07, 6.45) is 1.33. The zero-order valence-corrected chi connectivity index (χ0v) is 15.9. The molecule has 9 nitrogen and oxygen atoms in total. The van der Waals surface area contributed by atoms with Gasteiger partial charge in [0, 0.05) is 32.4 Å². The van der Waals surface area contributed by atoms with Crippen LogP contribution in [0.5, 0.6) is 0 Å². The molecule has 2 atom stereocenters. The number of rotatable bonds is 4. The van der Waals surface area contributed by atoms with Gasteiger partial charge >= 0.3 is 18.2 Å². The summed E-state index contributed by atoms with van der Waals surface area (Å²) in [7, 11) is 0. The van der Waals surface area contributed by atoms with Crippen molar-refractivity contribution >= 4 is 18.2 Å². The minimum Gasteiger partial charge on any atom is -0.444 e. The van der Waals surface area contributed by atoms with E-state index < -0.39 is 30.0 Å². The summed E-state index contributed by atoms with van der Waals surface area (Å²) >= 11 is 0. The minimum atomic E-state index is -1.05. The molecule has 1 aliphatic rings. The Kier molecular flexibility index (Phi) is 6.59. The van der Waals surface area contributed by atoms with Crippen molar-refractivity contribution in [2.75, 3.05) is 13.1 Å². The van der Waals surface area contributed by atoms with Crippen LogP contribution in [0.1, 0.15) is 44.5 Å². The molecule has 0 spiro atoms. The topological polar surface area (TPSA) is 107 Å². The number of hydrogen-bond acceptors (Lipinski definition) is 7. The van der Waals surface area contributed by atoms with Crippen molar-refractivity contribution in [2.24, 2.45) is 0 Å². The van der Waals surface area contributed by atoms with E-state index >= 15 is 0 Å². The van der Waals surface area contributed by atoms with Gasteiger partial charge in [0.15, 0.2) is 0 Å². The second-order valence-electron chi connectivity index (χ2n) is 7.17. The molecule has 1 aromatic heterocycles. The molecule has 2 rings (SSSR count). The van der Waals surface area contributed by atoms with Crippen LogP contribution in [0.3, 0.4) is 0 Å². The second kappa shape index (κ2) is 8.70. The van der Waals surface area contributed by atoms with Crippen molar-refractivity contribution in [3.8, 4) is 0 Å². The Bertz CT molecular complexity index is 673. The molecule has 148 valence electrons. The predicted octanol–water partition coefficient (Wildman–Crippen LogP) is 2.32. The predicted molar refractivity (Wildman–Crippen MR) is 94.9 cm³/mol. The largest absolute Gasteiger partial charge is 0.444 e. The zero-order valence-electron chi connectivity index (χ0n) is 15.9. The number of alkyl carbamates (subject to hydrolysis) is 1. The lowest BCUT2D eigenvalue weighted by molar-refractivity contribution is -0.0681. The first-order valence-electron chi connectivity index (χ1n) is 8.70. The van der Waals surface area contributed by atoms with Crippen LogP contribution in [0.4, 0.5) is 9.59 Å². The molecule has 0 aromatic carbocycles. The van der Waals surface area contributed by atoms with Gasteiger partial charge in [-0.15, -0.1) is 0 Å². The minimum absolute atomic E-state index is 0.220. The maximum Gasteiger partial charge on any atom is 0.412 e. The lowest BCUT2D eigenvalue weighted by Gasteiger charge is -2.22. The Balaban J connectivity index is 1.76. The fourth-order valence-corrected chi connectivity index (χ4v) is 2.47. The molecule has 2 amide bonds. The summed E-state index contributed by atoms with van der Waals surface area (Å²) in [5.74, 6) is -0.608. The average molecular weight is 379 g/mol. The third-order valence-electron chi connectivity index (χ3n) is 3.62. The molecular weight excluding hydrogens is 354 g/mol. The molecule has 2 heterocycles. The Hall–Kier alpha value is -2.84. The van der Waals surface area contributed by atoms with Gasteiger partial charge in [-0.2, -0.15) is 0 Å². The highest BCUT2D eigenvalue weighted by atomic mass is 16.7. The van der Waals surface area contributed by atoms with E-state index in [0.29, 0.717) is 25.1 Å². The fraction of sp³-hybridized carbons (Fsp3) is 0.556. The summed E-state index contributed by atoms with van der Waals surface area (Å²) in [5.41, 5.74) is -0.272. The number of nitrogens with one attached hydrogen (secondary N) is 1. The highest BCUT2D eigenvalue weighted by Gasteiger charge is 2.30. The van der Waals surface area contributed by atoms with Crippen LogP contribution in [0.2, 0.25) is 0 Å². The zero-order chi connectivity index (χ0) is 20.0. The van der Waals surface area contributed by atoms with Crippen LogP contribution in [0.25, 0.3) is 0 Å². The second-order valence-corrected chi connectivity index (χ2v) is 7.17. The van der Waals surface area contributed by atoms with Crippen LogP contribution >= 0.6 is 0 Å². The normalized spacial score (nSPS) is 17.8. The van der Waals surface area contributed by atoms with E-state index in [0.717, 1.165) is 0 Å². The van der Waals surface area contributed by atoms with Crippen LogP contribution in [-0.2, 0) is 14.2 Å². The van der Waals surface area contributed by atoms with Crippen LogP contribution in [0, 0.1) is 0 Å². The molecule has 0 bridgehead atoms. The summed E-state index contributed by atoms with van der Waals surface area (Å²) in [4.78, 5) is 41.2. The number of esters is 1. The van der Waals surface area contributed by atoms with Crippen molar-refractivity contribution in [1.29, 1.82) is 0 Å². The van der Waals surface area contributed by atoms with Crippen LogP contribution < -0.4 is 5.32 Å². The number of nitrogens with zero attached hydrogens (tertiary/aromatic N) is 2. The Morgan fingerprint density at radius 1 is 1.22 bits per heavy atom. The maximum atomic E-state index is 12.2. The smallest absolute Gasteiger partial charge is 0.412 e. The van der Waals surface area contributed by atoms with Crippen molar-refractivity contribution < 1.29 is 28.6 Å². The van der Waals surface area contributed by atoms with Crippen molar-refractivity contribution in [3.63, 3.8) is 0 Å². The van der Waals surface area contributed by atoms with E-state index in [4.69, 9.17) is 14.2 Å². The summed E-state index contributed by atoms with van der Waals surface area (Å²) in [6.45, 7) is 7.51. The molecule has 27 heavy (non-hydrogen) atoms. The first-order valence-corrected chi connectivity index (χ1v) is 8.70. The molecule has 1 unspecified atom stereocenters. The molecular formula is C18H25N3O6. The van der Waals surface area contributed by atoms with E-state index in [9.17, 15) is 14.4 Å². The summed E-state index contributed by atoms with van der Waals surface area (Å²) in [5, 5.41) is 2.73. The number of hydrogen-bond donors (Lipinski definition) is 1. The van der Waals surface area contributed by atoms with Gasteiger partial charge in [-0.05, 0) is 39.3 Å². The van der Waals surface area contributed by atoms with Crippen LogP contribution in [0.15, 0.2) is 24.5 Å². The molecule has 1 aromatic rings. The Labute approximate surface area is 158 Å². The standard InChI is InChI=1S/C18H25N3O6/c1-12(25-15(22)13-5-8-19-9-6-13)26-17(24)21-10-7-14(11-21)20-16(23)27-18(2,3)4/h5-6,8-9,12,14H,7,10-11H2,1-4H3,(H,20,23)/t12?,14-/m0/s1. The molecule has 1 N–H and O–H groups in total. The van der Waals surface area contributed by atoms with Gasteiger partial charge in [0.25, 0.3) is 0 Å². The highest BCUT2D eigenvalue weighted by Crippen LogP contribution is 2.14. The highest BCUT2D eigenvalue weighted by molar-refractivity contribution is 5.89. The van der Waals surface area contributed by atoms with Gasteiger partial charge < -0.3 is 24.4 Å². The number of carbonyl (C=O) groups is 3. The fourth-order valence-electron chi connectivity index (χ4n) is 2.47. The molecule has 1 saturated heterocycles. The lowest BCUT2D eigenvalue weighted by Crippen LogP contribution is -2.41. The number of aromatic nitrogens is 1. The number of amides is 2. The number of ether oxygens (including phenoxy) is 3. The molecule has 1 aliphatic heterocycles. The van der Waals surface area contributed by atoms with Crippen molar-refractivity contribution in [3.05, 3.63) is 30.1 Å². The molecule has 1 fully saturated rings. The van der Waals surface area contributed by atoms with E-state index in [1.165, 1.54) is 36.4 Å². The number of carbonyl (C=O) groups excluding carboxylic acids is 3. The van der Waals surface area contributed by atoms with Crippen LogP contribution in [-0.4, -0.2) is 59.1 Å². The van der Waals surface area contributed by atoms with E-state index in [-0.39, 0.29) is 6.04 Å². The third-order valence-corrected chi connectivity index (χ3v) is 3.62. The van der Waals surface area contributed by atoms with Crippen molar-refractivity contribution in [2.45, 2.75) is 52.0 Å². The lowest BCUT2D eigenvalue weighted by atomic mass is 10.2. The number of likely N-dealkylation sites (tertiary alicyclic amines) is 1. The number of pyridine rings is 1. The van der Waals surface area contributed by atoms with Gasteiger partial charge in [0.2, 0.25) is 6.29 Å². The third kappa shape index (κ3) is 6.76. The van der Waals surface area contributed by atoms with E-state index in [1.54, 1.807) is 20.8 Å². The van der Waals surface area contributed by atoms with Gasteiger partial charge in [-0.25, -0.2) is 14.4 Å². The van der Waals surface area contributed by atoms with Gasteiger partial charge in [-0.3, -0.25) is 4.98 Å². The quantitative estimate of drug-likeness (QED) is 0.632. The van der Waals surface area contributed by atoms with Gasteiger partial charge in [0.05, 0.1) is 11.6 Å². The van der Waals surface area contributed by atoms with Gasteiger partial charge in [-0.1, -0.05) is 0 Å². The maximum absolute atomic E-state index is 12.2. The first-order chi connectivity index (χ1) is 12.6.